The second kappa shape index (κ2) is 6.67. The van der Waals surface area contributed by atoms with Crippen LogP contribution in [0.4, 0.5) is 5.69 Å². The summed E-state index contributed by atoms with van der Waals surface area (Å²) in [6.07, 6.45) is 1.70. The maximum absolute atomic E-state index is 11.1. The first-order chi connectivity index (χ1) is 8.58. The van der Waals surface area contributed by atoms with Gasteiger partial charge in [-0.3, -0.25) is 0 Å². The topological polar surface area (TPSA) is 62.1 Å². The van der Waals surface area contributed by atoms with Gasteiger partial charge in [-0.2, -0.15) is 5.26 Å². The van der Waals surface area contributed by atoms with Gasteiger partial charge >= 0.3 is 5.97 Å². The molecule has 0 bridgehead atoms. The molecule has 0 aliphatic carbocycles. The van der Waals surface area contributed by atoms with Crippen molar-refractivity contribution in [3.8, 4) is 6.07 Å². The van der Waals surface area contributed by atoms with Crippen LogP contribution in [0.3, 0.4) is 0 Å². The van der Waals surface area contributed by atoms with Crippen LogP contribution in [0, 0.1) is 11.3 Å². The minimum atomic E-state index is -0.367. The number of hydrogen-bond acceptors (Lipinski definition) is 4. The molecule has 0 aliphatic rings. The molecule has 0 amide bonds. The van der Waals surface area contributed by atoms with Gasteiger partial charge in [-0.15, -0.1) is 0 Å². The maximum Gasteiger partial charge on any atom is 0.333 e. The molecular weight excluding hydrogens is 252 g/mol. The highest BCUT2D eigenvalue weighted by Crippen LogP contribution is 2.22. The summed E-state index contributed by atoms with van der Waals surface area (Å²) in [5, 5.41) is 12.3. The highest BCUT2D eigenvalue weighted by Gasteiger charge is 2.03. The van der Waals surface area contributed by atoms with E-state index in [1.807, 2.05) is 6.07 Å². The molecule has 0 aromatic heterocycles. The van der Waals surface area contributed by atoms with Gasteiger partial charge in [0, 0.05) is 12.1 Å². The second-order valence-electron chi connectivity index (χ2n) is 3.57. The maximum atomic E-state index is 11.1. The van der Waals surface area contributed by atoms with Crippen molar-refractivity contribution in [2.75, 3.05) is 19.0 Å². The minimum absolute atomic E-state index is 0.367. The van der Waals surface area contributed by atoms with E-state index in [0.717, 1.165) is 0 Å². The summed E-state index contributed by atoms with van der Waals surface area (Å²) in [6.45, 7) is 2.09. The molecule has 0 unspecified atom stereocenters. The van der Waals surface area contributed by atoms with E-state index in [-0.39, 0.29) is 5.97 Å². The van der Waals surface area contributed by atoms with Crippen LogP contribution in [-0.4, -0.2) is 19.6 Å². The lowest BCUT2D eigenvalue weighted by atomic mass is 10.2. The number of nitrogens with zero attached hydrogens (tertiary/aromatic N) is 1. The Morgan fingerprint density at radius 2 is 2.33 bits per heavy atom. The fraction of sp³-hybridized carbons (Fsp3) is 0.231. The van der Waals surface area contributed by atoms with Gasteiger partial charge in [-0.1, -0.05) is 17.7 Å². The summed E-state index contributed by atoms with van der Waals surface area (Å²) < 4.78 is 4.57. The lowest BCUT2D eigenvalue weighted by Crippen LogP contribution is -2.05. The number of carbonyl (C=O) groups is 1. The first kappa shape index (κ1) is 14.1. The highest BCUT2D eigenvalue weighted by atomic mass is 35.5. The average molecular weight is 265 g/mol. The normalized spacial score (nSPS) is 10.7. The number of methoxy groups -OCH3 is 1. The number of anilines is 1. The van der Waals surface area contributed by atoms with Crippen LogP contribution < -0.4 is 5.32 Å². The number of carbonyl (C=O) groups excluding carboxylic acids is 1. The fourth-order valence-electron chi connectivity index (χ4n) is 1.29. The molecule has 1 aromatic rings. The third-order valence-electron chi connectivity index (χ3n) is 2.30. The van der Waals surface area contributed by atoms with Crippen molar-refractivity contribution in [3.05, 3.63) is 40.4 Å². The summed E-state index contributed by atoms with van der Waals surface area (Å²) in [5.74, 6) is -0.367. The average Bonchev–Trinajstić information content (AvgIpc) is 2.39. The van der Waals surface area contributed by atoms with Crippen LogP contribution in [0.25, 0.3) is 0 Å². The molecule has 0 radical (unpaired) electrons. The first-order valence-corrected chi connectivity index (χ1v) is 5.65. The van der Waals surface area contributed by atoms with E-state index < -0.39 is 0 Å². The zero-order chi connectivity index (χ0) is 13.5. The minimum Gasteiger partial charge on any atom is -0.466 e. The van der Waals surface area contributed by atoms with Crippen LogP contribution in [0.5, 0.6) is 0 Å². The third kappa shape index (κ3) is 3.79. The van der Waals surface area contributed by atoms with Crippen molar-refractivity contribution in [1.82, 2.24) is 0 Å². The van der Waals surface area contributed by atoms with E-state index in [2.05, 4.69) is 10.1 Å². The number of esters is 1. The van der Waals surface area contributed by atoms with Gasteiger partial charge < -0.3 is 10.1 Å². The zero-order valence-electron chi connectivity index (χ0n) is 10.2. The van der Waals surface area contributed by atoms with E-state index in [1.165, 1.54) is 7.11 Å². The van der Waals surface area contributed by atoms with Gasteiger partial charge in [0.25, 0.3) is 0 Å². The first-order valence-electron chi connectivity index (χ1n) is 5.27. The van der Waals surface area contributed by atoms with Crippen LogP contribution in [0.1, 0.15) is 12.5 Å². The summed E-state index contributed by atoms with van der Waals surface area (Å²) >= 11 is 5.97. The molecule has 0 aliphatic heterocycles. The molecule has 94 valence electrons. The largest absolute Gasteiger partial charge is 0.466 e. The molecule has 5 heteroatoms. The fourth-order valence-corrected chi connectivity index (χ4v) is 1.47. The molecule has 1 rings (SSSR count). The number of ether oxygens (including phenoxy) is 1. The Morgan fingerprint density at radius 3 is 2.94 bits per heavy atom. The quantitative estimate of drug-likeness (QED) is 0.671. The Labute approximate surface area is 111 Å². The number of nitrogens with one attached hydrogen (secondary N) is 1. The van der Waals surface area contributed by atoms with E-state index in [4.69, 9.17) is 16.9 Å². The van der Waals surface area contributed by atoms with Crippen molar-refractivity contribution in [1.29, 1.82) is 5.26 Å². The Bertz CT molecular complexity index is 518. The smallest absolute Gasteiger partial charge is 0.333 e. The Hall–Kier alpha value is -1.99. The summed E-state index contributed by atoms with van der Waals surface area (Å²) in [6, 6.07) is 6.98. The predicted octanol–water partition coefficient (Wildman–Crippen LogP) is 2.74. The molecule has 4 nitrogen and oxygen atoms in total. The molecule has 18 heavy (non-hydrogen) atoms. The van der Waals surface area contributed by atoms with Gasteiger partial charge in [-0.05, 0) is 25.1 Å². The second-order valence-corrected chi connectivity index (χ2v) is 3.97. The standard InChI is InChI=1S/C13H13ClN2O2/c1-9(13(17)18-2)5-6-16-12-7-10(8-15)3-4-11(12)14/h3-5,7,16H,6H2,1-2H3/b9-5+. The molecule has 1 N–H and O–H groups in total. The van der Waals surface area contributed by atoms with Gasteiger partial charge in [0.05, 0.1) is 29.5 Å². The van der Waals surface area contributed by atoms with Crippen molar-refractivity contribution >= 4 is 23.3 Å². The van der Waals surface area contributed by atoms with Crippen LogP contribution >= 0.6 is 11.6 Å². The number of benzene rings is 1. The Balaban J connectivity index is 2.70. The number of rotatable bonds is 4. The van der Waals surface area contributed by atoms with E-state index in [9.17, 15) is 4.79 Å². The lowest BCUT2D eigenvalue weighted by molar-refractivity contribution is -0.136. The lowest BCUT2D eigenvalue weighted by Gasteiger charge is -2.06. The predicted molar refractivity (Wildman–Crippen MR) is 70.4 cm³/mol. The zero-order valence-corrected chi connectivity index (χ0v) is 10.9. The number of nitriles is 1. The van der Waals surface area contributed by atoms with Gasteiger partial charge in [0.2, 0.25) is 0 Å². The van der Waals surface area contributed by atoms with Crippen LogP contribution in [0.2, 0.25) is 5.02 Å². The molecule has 0 spiro atoms. The van der Waals surface area contributed by atoms with E-state index in [0.29, 0.717) is 28.4 Å². The summed E-state index contributed by atoms with van der Waals surface area (Å²) in [4.78, 5) is 11.1. The molecule has 1 aromatic carbocycles. The highest BCUT2D eigenvalue weighted by molar-refractivity contribution is 6.33. The van der Waals surface area contributed by atoms with E-state index >= 15 is 0 Å². The molecule has 0 fully saturated rings. The monoisotopic (exact) mass is 264 g/mol. The van der Waals surface area contributed by atoms with Gasteiger partial charge in [0.1, 0.15) is 0 Å². The Morgan fingerprint density at radius 1 is 1.61 bits per heavy atom. The molecule has 0 heterocycles. The third-order valence-corrected chi connectivity index (χ3v) is 2.63. The molecular formula is C13H13ClN2O2. The summed E-state index contributed by atoms with van der Waals surface area (Å²) in [7, 11) is 1.33. The van der Waals surface area contributed by atoms with Crippen molar-refractivity contribution in [3.63, 3.8) is 0 Å². The summed E-state index contributed by atoms with van der Waals surface area (Å²) in [5.41, 5.74) is 1.69. The van der Waals surface area contributed by atoms with Crippen molar-refractivity contribution < 1.29 is 9.53 Å². The van der Waals surface area contributed by atoms with Crippen molar-refractivity contribution in [2.45, 2.75) is 6.92 Å². The molecule has 0 saturated carbocycles. The van der Waals surface area contributed by atoms with Gasteiger partial charge in [0.15, 0.2) is 0 Å². The Kier molecular flexibility index (Phi) is 5.22. The van der Waals surface area contributed by atoms with Crippen LogP contribution in [0.15, 0.2) is 29.8 Å². The SMILES string of the molecule is COC(=O)/C(C)=C/CNc1cc(C#N)ccc1Cl. The van der Waals surface area contributed by atoms with Gasteiger partial charge in [-0.25, -0.2) is 4.79 Å². The van der Waals surface area contributed by atoms with E-state index in [1.54, 1.807) is 31.2 Å². The number of hydrogen-bond donors (Lipinski definition) is 1. The van der Waals surface area contributed by atoms with Crippen LogP contribution in [-0.2, 0) is 9.53 Å². The number of halogens is 1. The van der Waals surface area contributed by atoms with Crippen molar-refractivity contribution in [2.24, 2.45) is 0 Å². The molecule has 0 saturated heterocycles. The molecule has 0 atom stereocenters.